The maximum atomic E-state index is 14.6. The molecule has 16 saturated carbocycles. The van der Waals surface area contributed by atoms with E-state index < -0.39 is 230 Å². The summed E-state index contributed by atoms with van der Waals surface area (Å²) in [4.78, 5) is 51.5. The van der Waals surface area contributed by atoms with Gasteiger partial charge in [-0.1, -0.05) is 52.0 Å². The molecule has 3 heterocycles. The average molecular weight is 2030 g/mol. The third-order valence-corrected chi connectivity index (χ3v) is 33.5. The van der Waals surface area contributed by atoms with Gasteiger partial charge in [0.25, 0.3) is 5.92 Å². The Hall–Kier alpha value is -4.55. The molecule has 0 aromatic heterocycles. The van der Waals surface area contributed by atoms with Crippen LogP contribution in [0.15, 0.2) is 4.99 Å². The number of esters is 4. The SMILES string of the molecule is CC[N-]CC(F)(F)F.O=C(CC(C(=O)OCC1CCCCC1)S(=O)(=O)[O-])OCC1CCCCC1.O=C(OC(CS(=O)(=O)[O-])C(F)(F)F)C12CC3CC(CC(C3)C1)C2.O=C(OCC(C(F)(F)F)S(=O)(=O)[O-])C12CC3CC(CC(C3)C1)C2.O=S(=O)([O-])CC(F)(F)C1CC2CC1C1OC3(OC21)C1CC2CC(C1)CC3C2.O=S1(=O)[N-]CCC(F)(F)C1(F)F.[3H+].[3H+].[3H+].[3H+].[3H+].[3H+].[3H+].[O-]C1=NCCC(F)(F)C1(F)F. The average Bonchev–Trinajstić information content (AvgIpc) is 1.53. The van der Waals surface area contributed by atoms with Gasteiger partial charge in [0.2, 0.25) is 6.10 Å². The number of carbonyl (C=O) groups is 4. The van der Waals surface area contributed by atoms with Gasteiger partial charge in [0.15, 0.2) is 16.3 Å². The summed E-state index contributed by atoms with van der Waals surface area (Å²) < 4.78 is 424. The van der Waals surface area contributed by atoms with Gasteiger partial charge in [-0.25, -0.2) is 50.9 Å². The quantitative estimate of drug-likeness (QED) is 0.0446. The van der Waals surface area contributed by atoms with E-state index in [0.29, 0.717) is 92.3 Å². The van der Waals surface area contributed by atoms with Crippen LogP contribution in [0.5, 0.6) is 0 Å². The molecule has 0 amide bonds. The zero-order valence-electron chi connectivity index (χ0n) is 77.3. The summed E-state index contributed by atoms with van der Waals surface area (Å²) in [5.41, 5.74) is -1.71. The van der Waals surface area contributed by atoms with E-state index in [-0.39, 0.29) is 66.1 Å². The lowest BCUT2D eigenvalue weighted by atomic mass is 9.49. The Morgan fingerprint density at radius 3 is 1.40 bits per heavy atom. The Labute approximate surface area is 750 Å². The van der Waals surface area contributed by atoms with Gasteiger partial charge in [0.05, 0.1) is 58.5 Å². The van der Waals surface area contributed by atoms with Crippen molar-refractivity contribution in [3.05, 3.63) is 10.0 Å². The third kappa shape index (κ3) is 26.5. The molecule has 8 atom stereocenters. The highest BCUT2D eigenvalue weighted by atomic mass is 32.2. The third-order valence-electron chi connectivity index (χ3n) is 28.4. The molecule has 19 rings (SSSR count). The number of nitrogens with zero attached hydrogens (tertiary/aromatic N) is 3. The smallest absolute Gasteiger partial charge is 0.858 e. The highest BCUT2D eigenvalue weighted by molar-refractivity contribution is 7.95. The molecule has 14 bridgehead atoms. The van der Waals surface area contributed by atoms with Crippen LogP contribution in [0.4, 0.5) is 83.4 Å². The van der Waals surface area contributed by atoms with E-state index in [1.165, 1.54) is 12.8 Å². The number of sulfonamides is 1. The molecule has 52 heteroatoms. The van der Waals surface area contributed by atoms with Crippen molar-refractivity contribution in [2.45, 2.75) is 294 Å². The van der Waals surface area contributed by atoms with Crippen LogP contribution < -0.4 is 5.11 Å². The Morgan fingerprint density at radius 1 is 0.562 bits per heavy atom. The van der Waals surface area contributed by atoms with Crippen LogP contribution in [0.25, 0.3) is 10.0 Å². The maximum absolute atomic E-state index is 14.6. The topological polar surface area (TPSA) is 450 Å². The molecule has 0 N–H and O–H groups in total. The maximum Gasteiger partial charge on any atom is 1.00 e. The number of alkyl halides is 19. The molecule has 130 heavy (non-hydrogen) atoms. The van der Waals surface area contributed by atoms with Gasteiger partial charge in [-0.3, -0.25) is 24.2 Å². The normalized spacial score (nSPS) is 35.1. The summed E-state index contributed by atoms with van der Waals surface area (Å²) in [5.74, 6) is -23.1. The number of hydrogen-bond acceptors (Lipinski definition) is 26. The number of fused-ring (bicyclic) bond motifs is 5. The van der Waals surface area contributed by atoms with Crippen LogP contribution >= 0.6 is 0 Å². The van der Waals surface area contributed by atoms with Gasteiger partial charge in [-0.05, 0) is 219 Å². The molecule has 0 aromatic rings. The predicted octanol–water partition coefficient (Wildman–Crippen LogP) is 14.2. The van der Waals surface area contributed by atoms with Crippen molar-refractivity contribution in [1.82, 2.24) is 0 Å². The number of hydrogen-bond donors (Lipinski definition) is 0. The summed E-state index contributed by atoms with van der Waals surface area (Å²) in [6.07, 6.45) is 5.58. The highest BCUT2D eigenvalue weighted by Gasteiger charge is 2.72. The minimum absolute atomic E-state index is 0. The van der Waals surface area contributed by atoms with Crippen LogP contribution in [0.1, 0.15) is 222 Å². The molecule has 19 aliphatic rings. The van der Waals surface area contributed by atoms with Gasteiger partial charge >= 0.3 is 75.4 Å². The van der Waals surface area contributed by atoms with E-state index in [1.807, 2.05) is 0 Å². The summed E-state index contributed by atoms with van der Waals surface area (Å²) in [6, 6.07) is 0. The fourth-order valence-corrected chi connectivity index (χ4v) is 27.0. The Kier molecular flexibility index (Phi) is 33.5. The first-order valence-corrected chi connectivity index (χ1v) is 50.9. The van der Waals surface area contributed by atoms with E-state index in [2.05, 4.69) is 19.8 Å². The first-order valence-electron chi connectivity index (χ1n) is 43.3. The molecule has 0 radical (unpaired) electrons. The lowest BCUT2D eigenvalue weighted by Gasteiger charge is -2.58. The van der Waals surface area contributed by atoms with Gasteiger partial charge in [-0.2, -0.15) is 81.2 Å². The monoisotopic (exact) mass is 2030 g/mol. The summed E-state index contributed by atoms with van der Waals surface area (Å²) >= 11 is 0. The van der Waals surface area contributed by atoms with Crippen LogP contribution in [0, 0.1) is 99.6 Å². The Bertz CT molecular complexity index is 4520. The van der Waals surface area contributed by atoms with Crippen molar-refractivity contribution in [3.63, 3.8) is 0 Å². The first-order chi connectivity index (χ1) is 59.6. The zero-order valence-corrected chi connectivity index (χ0v) is 74.4. The molecular weight excluding hydrogens is 1900 g/mol. The molecule has 752 valence electrons. The Morgan fingerprint density at radius 2 is 1.02 bits per heavy atom. The van der Waals surface area contributed by atoms with E-state index in [1.54, 1.807) is 6.92 Å². The van der Waals surface area contributed by atoms with Gasteiger partial charge in [-0.15, -0.1) is 6.54 Å². The van der Waals surface area contributed by atoms with Crippen molar-refractivity contribution in [3.8, 4) is 0 Å². The van der Waals surface area contributed by atoms with Crippen LogP contribution in [-0.2, 0) is 98.1 Å². The second kappa shape index (κ2) is 40.5. The zero-order chi connectivity index (χ0) is 96.8. The molecule has 18 fully saturated rings. The highest BCUT2D eigenvalue weighted by Crippen LogP contribution is 2.68. The second-order valence-electron chi connectivity index (χ2n) is 38.2. The van der Waals surface area contributed by atoms with Crippen molar-refractivity contribution in [2.75, 3.05) is 57.5 Å². The molecule has 3 aliphatic heterocycles. The van der Waals surface area contributed by atoms with Crippen LogP contribution in [0.3, 0.4) is 0 Å². The molecule has 16 aliphatic carbocycles. The van der Waals surface area contributed by atoms with E-state index >= 15 is 0 Å². The minimum atomic E-state index is -5.63. The molecule has 0 aromatic carbocycles. The summed E-state index contributed by atoms with van der Waals surface area (Å²) in [6.45, 7) is -1.65. The number of carbonyl (C=O) groups excluding carboxylic acids is 4. The van der Waals surface area contributed by atoms with Gasteiger partial charge in [0.1, 0.15) is 52.7 Å². The van der Waals surface area contributed by atoms with Crippen molar-refractivity contribution >= 4 is 80.3 Å². The fourth-order valence-electron chi connectivity index (χ4n) is 23.5. The van der Waals surface area contributed by atoms with E-state index in [9.17, 15) is 168 Å². The standard InChI is InChI=1S/C19H26F2O5S.C18H30O7S.2C14H19F3O5S.C5H5F4NO.C4H4F4NO2S.C4H7F3N/c20-18(21,8-27(22,23)24)15-7-11-6-14(15)17-16(11)25-19(26-17)12-2-9-1-10(4-12)5-13(19)3-9;19-17(24-12-14-7-3-1-4-8-14)11-16(26(21,22)23)18(20)25-13-15-9-5-2-6-10-15;15-14(16,17)11(7-23(19,20)21)22-12(18)13-4-8-1-9(5-13)3-10(2-8)6-13;15-14(16,17)11(23(19,20)21)7-22-12(18)13-4-8-1-9(5-13)3-10(2-8)6-13;6-4(7)1-2-10-3(11)5(4,8)9;5-3(6)1-2-9-12(10,11)4(3,7)8;1-2-8-3-4(5,6)7/h9-17H,1-8H2,(H,22,23,24);14-16H,1-13H2,(H,21,22,23);2*8-11H,1-7H2,(H,19,20,21);1-2H2,(H,10,11);1-2H2;2-3H2,1H3/q;;;;;2*-1/p+2/i/hT7. The van der Waals surface area contributed by atoms with E-state index in [4.69, 9.17) is 23.7 Å². The van der Waals surface area contributed by atoms with Crippen molar-refractivity contribution in [1.29, 1.82) is 0 Å². The molecular formula is C78H112F19N3O25S5. The van der Waals surface area contributed by atoms with E-state index in [0.717, 1.165) is 134 Å². The molecule has 28 nitrogen and oxygen atoms in total. The Balaban J connectivity index is 0.000000421. The second-order valence-corrected chi connectivity index (χ2v) is 45.9. The molecule has 1 spiro atoms. The summed E-state index contributed by atoms with van der Waals surface area (Å²) in [5, 5.41) is 2.97. The number of halogens is 19. The van der Waals surface area contributed by atoms with Crippen LogP contribution in [0.2, 0.25) is 0 Å². The van der Waals surface area contributed by atoms with Crippen molar-refractivity contribution in [2.24, 2.45) is 105 Å². The van der Waals surface area contributed by atoms with Crippen LogP contribution in [-0.4, -0.2) is 230 Å². The van der Waals surface area contributed by atoms with Crippen molar-refractivity contribution < 1.29 is 206 Å². The first kappa shape index (κ1) is 107. The fraction of sp³-hybridized carbons (Fsp3) is 0.936. The lowest BCUT2D eigenvalue weighted by molar-refractivity contribution is -0.304. The predicted molar refractivity (Wildman–Crippen MR) is 415 cm³/mol. The lowest BCUT2D eigenvalue weighted by Crippen LogP contribution is -2.59. The number of ether oxygens (including phenoxy) is 6. The molecule has 2 saturated heterocycles. The minimum Gasteiger partial charge on any atom is -0.858 e. The molecule has 8 unspecified atom stereocenters. The number of rotatable bonds is 21. The number of aliphatic imine (C=N–C) groups is 1. The largest absolute Gasteiger partial charge is 1.00 e. The summed E-state index contributed by atoms with van der Waals surface area (Å²) in [7, 11) is -26.1. The van der Waals surface area contributed by atoms with Gasteiger partial charge in [0, 0.05) is 43.0 Å². The van der Waals surface area contributed by atoms with Gasteiger partial charge < -0.3 is 61.8 Å².